The second-order valence-corrected chi connectivity index (χ2v) is 5.19. The van der Waals surface area contributed by atoms with Gasteiger partial charge in [-0.3, -0.25) is 14.3 Å². The van der Waals surface area contributed by atoms with Crippen molar-refractivity contribution in [1.29, 1.82) is 0 Å². The number of rotatable bonds is 5. The van der Waals surface area contributed by atoms with Gasteiger partial charge in [-0.15, -0.1) is 0 Å². The average Bonchev–Trinajstić information content (AvgIpc) is 2.72. The summed E-state index contributed by atoms with van der Waals surface area (Å²) >= 11 is 5.06. The molecule has 2 rings (SSSR count). The maximum Gasteiger partial charge on any atom is 0.254 e. The fourth-order valence-corrected chi connectivity index (χ4v) is 2.37. The van der Waals surface area contributed by atoms with E-state index in [2.05, 4.69) is 4.98 Å². The van der Waals surface area contributed by atoms with Gasteiger partial charge in [-0.2, -0.15) is 0 Å². The Hall–Kier alpha value is -1.10. The molecule has 8 nitrogen and oxygen atoms in total. The van der Waals surface area contributed by atoms with Gasteiger partial charge in [-0.05, 0) is 19.1 Å². The predicted octanol–water partition coefficient (Wildman–Crippen LogP) is -0.546. The van der Waals surface area contributed by atoms with Gasteiger partial charge < -0.3 is 24.4 Å². The second kappa shape index (κ2) is 6.77. The Morgan fingerprint density at radius 3 is 2.86 bits per heavy atom. The lowest BCUT2D eigenvalue weighted by Crippen LogP contribution is -2.34. The van der Waals surface area contributed by atoms with E-state index in [1.165, 1.54) is 17.9 Å². The van der Waals surface area contributed by atoms with Crippen molar-refractivity contribution >= 4 is 12.2 Å². The van der Waals surface area contributed by atoms with Crippen LogP contribution in [0.15, 0.2) is 11.0 Å². The van der Waals surface area contributed by atoms with E-state index in [0.717, 1.165) is 0 Å². The van der Waals surface area contributed by atoms with Gasteiger partial charge in [-0.1, -0.05) is 0 Å². The fourth-order valence-electron chi connectivity index (χ4n) is 2.12. The van der Waals surface area contributed by atoms with Gasteiger partial charge in [-0.25, -0.2) is 0 Å². The van der Waals surface area contributed by atoms with Crippen LogP contribution in [0.4, 0.5) is 0 Å². The third-order valence-corrected chi connectivity index (χ3v) is 3.55. The summed E-state index contributed by atoms with van der Waals surface area (Å²) < 4.78 is 17.0. The second-order valence-electron chi connectivity index (χ2n) is 4.80. The summed E-state index contributed by atoms with van der Waals surface area (Å²) in [5, 5.41) is 20.1. The molecule has 4 atom stereocenters. The molecule has 1 saturated heterocycles. The highest BCUT2D eigenvalue weighted by Crippen LogP contribution is 2.29. The van der Waals surface area contributed by atoms with Crippen LogP contribution >= 0.6 is 12.2 Å². The van der Waals surface area contributed by atoms with E-state index in [0.29, 0.717) is 5.56 Å². The summed E-state index contributed by atoms with van der Waals surface area (Å²) in [7, 11) is 1.48. The van der Waals surface area contributed by atoms with E-state index in [1.54, 1.807) is 6.92 Å². The Balaban J connectivity index is 2.19. The first-order valence-electron chi connectivity index (χ1n) is 6.36. The van der Waals surface area contributed by atoms with E-state index >= 15 is 0 Å². The first-order chi connectivity index (χ1) is 9.95. The smallest absolute Gasteiger partial charge is 0.254 e. The fraction of sp³-hybridized carbons (Fsp3) is 0.667. The number of nitrogens with one attached hydrogen (secondary N) is 1. The highest BCUT2D eigenvalue weighted by Gasteiger charge is 2.43. The molecule has 0 amide bonds. The molecule has 21 heavy (non-hydrogen) atoms. The number of nitrogens with zero attached hydrogens (tertiary/aromatic N) is 1. The number of aliphatic hydroxyl groups excluding tert-OH is 2. The molecule has 1 aromatic rings. The quantitative estimate of drug-likeness (QED) is 0.380. The number of hydrogen-bond donors (Lipinski definition) is 3. The lowest BCUT2D eigenvalue weighted by molar-refractivity contribution is -0.102. The number of ether oxygens (including phenoxy) is 3. The van der Waals surface area contributed by atoms with Crippen molar-refractivity contribution in [3.63, 3.8) is 0 Å². The summed E-state index contributed by atoms with van der Waals surface area (Å²) in [6, 6.07) is 0. The molecule has 118 valence electrons. The van der Waals surface area contributed by atoms with Crippen LogP contribution in [0.3, 0.4) is 0 Å². The summed E-state index contributed by atoms with van der Waals surface area (Å²) in [5.41, 5.74) is 0.122. The topological polar surface area (TPSA) is 106 Å². The molecule has 1 aromatic heterocycles. The minimum Gasteiger partial charge on any atom is -0.387 e. The monoisotopic (exact) mass is 318 g/mol. The number of aromatic nitrogens is 2. The molecule has 3 N–H and O–H groups in total. The Bertz CT molecular complexity index is 600. The van der Waals surface area contributed by atoms with Gasteiger partial charge in [0.1, 0.15) is 25.1 Å². The number of aryl methyl sites for hydroxylation is 1. The average molecular weight is 318 g/mol. The highest BCUT2D eigenvalue weighted by molar-refractivity contribution is 7.71. The van der Waals surface area contributed by atoms with Gasteiger partial charge in [0, 0.05) is 18.9 Å². The Kier molecular flexibility index (Phi) is 5.25. The van der Waals surface area contributed by atoms with Crippen molar-refractivity contribution in [3.05, 3.63) is 26.9 Å². The van der Waals surface area contributed by atoms with Crippen LogP contribution in [0.1, 0.15) is 11.8 Å². The minimum atomic E-state index is -1.18. The molecule has 0 aliphatic carbocycles. The van der Waals surface area contributed by atoms with E-state index in [1.807, 2.05) is 0 Å². The molecule has 0 spiro atoms. The lowest BCUT2D eigenvalue weighted by atomic mass is 10.1. The SMILES string of the molecule is COCOC[C@H]1O[C@@H](n2cc(C)c(=O)[nH]c2=S)[C@H](O)[C@@H]1O. The molecule has 1 aliphatic rings. The van der Waals surface area contributed by atoms with Gasteiger partial charge in [0.2, 0.25) is 0 Å². The molecular formula is C12H18N2O6S. The number of aliphatic hydroxyl groups is 2. The summed E-state index contributed by atoms with van der Waals surface area (Å²) in [6.07, 6.45) is -2.42. The third kappa shape index (κ3) is 3.39. The molecule has 2 heterocycles. The molecule has 1 fully saturated rings. The van der Waals surface area contributed by atoms with Crippen LogP contribution in [0.5, 0.6) is 0 Å². The van der Waals surface area contributed by atoms with Crippen molar-refractivity contribution in [2.24, 2.45) is 0 Å². The van der Waals surface area contributed by atoms with Crippen molar-refractivity contribution in [2.75, 3.05) is 20.5 Å². The summed E-state index contributed by atoms with van der Waals surface area (Å²) in [6.45, 7) is 1.74. The molecule has 0 radical (unpaired) electrons. The summed E-state index contributed by atoms with van der Waals surface area (Å²) in [5.74, 6) is 0. The zero-order valence-electron chi connectivity index (χ0n) is 11.7. The van der Waals surface area contributed by atoms with E-state index in [9.17, 15) is 15.0 Å². The largest absolute Gasteiger partial charge is 0.387 e. The minimum absolute atomic E-state index is 0.0601. The molecule has 0 aromatic carbocycles. The summed E-state index contributed by atoms with van der Waals surface area (Å²) in [4.78, 5) is 14.0. The van der Waals surface area contributed by atoms with E-state index in [-0.39, 0.29) is 23.7 Å². The number of aromatic amines is 1. The number of H-pyrrole nitrogens is 1. The Labute approximate surface area is 125 Å². The number of methoxy groups -OCH3 is 1. The van der Waals surface area contributed by atoms with Crippen LogP contribution in [0, 0.1) is 11.7 Å². The Morgan fingerprint density at radius 1 is 1.48 bits per heavy atom. The zero-order valence-corrected chi connectivity index (χ0v) is 12.5. The van der Waals surface area contributed by atoms with Crippen LogP contribution in [0.25, 0.3) is 0 Å². The maximum absolute atomic E-state index is 11.5. The van der Waals surface area contributed by atoms with E-state index < -0.39 is 24.5 Å². The van der Waals surface area contributed by atoms with Crippen LogP contribution in [-0.4, -0.2) is 58.6 Å². The van der Waals surface area contributed by atoms with Crippen LogP contribution in [0.2, 0.25) is 0 Å². The predicted molar refractivity (Wildman–Crippen MR) is 74.4 cm³/mol. The molecular weight excluding hydrogens is 300 g/mol. The molecule has 0 bridgehead atoms. The Morgan fingerprint density at radius 2 is 2.19 bits per heavy atom. The molecule has 0 unspecified atom stereocenters. The first kappa shape index (κ1) is 16.3. The van der Waals surface area contributed by atoms with Crippen molar-refractivity contribution in [1.82, 2.24) is 9.55 Å². The van der Waals surface area contributed by atoms with Gasteiger partial charge in [0.15, 0.2) is 11.0 Å². The van der Waals surface area contributed by atoms with Gasteiger partial charge in [0.25, 0.3) is 5.56 Å². The van der Waals surface area contributed by atoms with Crippen molar-refractivity contribution < 1.29 is 24.4 Å². The molecule has 1 aliphatic heterocycles. The van der Waals surface area contributed by atoms with E-state index in [4.69, 9.17) is 26.4 Å². The standard InChI is InChI=1S/C12H18N2O6S/c1-6-3-14(12(21)13-10(6)17)11-9(16)8(15)7(20-11)4-19-5-18-2/h3,7-9,11,15-16H,4-5H2,1-2H3,(H,13,17,21)/t7-,8-,9-,11-/m1/s1. The first-order valence-corrected chi connectivity index (χ1v) is 6.77. The van der Waals surface area contributed by atoms with Crippen LogP contribution in [-0.2, 0) is 14.2 Å². The van der Waals surface area contributed by atoms with Crippen LogP contribution < -0.4 is 5.56 Å². The normalized spacial score (nSPS) is 29.0. The van der Waals surface area contributed by atoms with Gasteiger partial charge >= 0.3 is 0 Å². The van der Waals surface area contributed by atoms with Crippen molar-refractivity contribution in [2.45, 2.75) is 31.5 Å². The highest BCUT2D eigenvalue weighted by atomic mass is 32.1. The number of hydrogen-bond acceptors (Lipinski definition) is 7. The zero-order chi connectivity index (χ0) is 15.6. The maximum atomic E-state index is 11.5. The van der Waals surface area contributed by atoms with Crippen molar-refractivity contribution in [3.8, 4) is 0 Å². The van der Waals surface area contributed by atoms with Gasteiger partial charge in [0.05, 0.1) is 6.61 Å². The lowest BCUT2D eigenvalue weighted by Gasteiger charge is -2.18. The third-order valence-electron chi connectivity index (χ3n) is 3.24. The molecule has 0 saturated carbocycles. The molecule has 9 heteroatoms.